The molecule has 0 atom stereocenters. The number of aromatic nitrogens is 6. The van der Waals surface area contributed by atoms with Gasteiger partial charge in [-0.05, 0) is 19.2 Å². The Hall–Kier alpha value is -3.34. The number of hydrogen-bond acceptors (Lipinski definition) is 9. The minimum Gasteiger partial charge on any atom is -0.354 e. The number of aryl methyl sites for hydroxylation is 1. The van der Waals surface area contributed by atoms with Gasteiger partial charge in [-0.25, -0.2) is 9.97 Å². The Balaban J connectivity index is 1.27. The van der Waals surface area contributed by atoms with Gasteiger partial charge in [0.25, 0.3) is 0 Å². The number of likely N-dealkylation sites (N-methyl/N-ethyl adjacent to an activating group) is 1. The standard InChI is InChI=1S/C17H21N9O2/c1-25-6-8-26(9-7-25)13-3-2-12(10-18-13)21-14(27)4-5-15-22-17(24-28-15)16-19-11-20-23-16/h2-3,10-11H,4-9H2,1H3,(H,21,27)(H,19,20,23). The summed E-state index contributed by atoms with van der Waals surface area (Å²) in [6.07, 6.45) is 3.60. The first-order valence-electron chi connectivity index (χ1n) is 9.05. The maximum Gasteiger partial charge on any atom is 0.239 e. The number of nitrogens with zero attached hydrogens (tertiary/aromatic N) is 7. The molecule has 4 rings (SSSR count). The SMILES string of the molecule is CN1CCN(c2ccc(NC(=O)CCc3nc(-c4ncn[nH]4)no3)cn2)CC1. The Kier molecular flexibility index (Phi) is 5.24. The van der Waals surface area contributed by atoms with Crippen LogP contribution >= 0.6 is 0 Å². The molecule has 4 heterocycles. The lowest BCUT2D eigenvalue weighted by atomic mass is 10.2. The molecule has 1 saturated heterocycles. The zero-order chi connectivity index (χ0) is 19.3. The normalized spacial score (nSPS) is 15.0. The van der Waals surface area contributed by atoms with Crippen molar-refractivity contribution in [1.82, 2.24) is 35.2 Å². The van der Waals surface area contributed by atoms with E-state index < -0.39 is 0 Å². The Morgan fingerprint density at radius 3 is 2.82 bits per heavy atom. The van der Waals surface area contributed by atoms with E-state index in [0.29, 0.717) is 29.6 Å². The monoisotopic (exact) mass is 383 g/mol. The molecule has 0 unspecified atom stereocenters. The van der Waals surface area contributed by atoms with Gasteiger partial charge < -0.3 is 19.6 Å². The van der Waals surface area contributed by atoms with E-state index in [9.17, 15) is 4.79 Å². The van der Waals surface area contributed by atoms with Gasteiger partial charge in [-0.2, -0.15) is 10.1 Å². The fourth-order valence-electron chi connectivity index (χ4n) is 2.89. The third kappa shape index (κ3) is 4.31. The number of aromatic amines is 1. The number of H-pyrrole nitrogens is 1. The Bertz CT molecular complexity index is 899. The Morgan fingerprint density at radius 2 is 2.11 bits per heavy atom. The summed E-state index contributed by atoms with van der Waals surface area (Å²) < 4.78 is 5.13. The molecule has 1 amide bonds. The number of anilines is 2. The van der Waals surface area contributed by atoms with E-state index >= 15 is 0 Å². The summed E-state index contributed by atoms with van der Waals surface area (Å²) in [4.78, 5) is 29.3. The van der Waals surface area contributed by atoms with Crippen molar-refractivity contribution < 1.29 is 9.32 Å². The quantitative estimate of drug-likeness (QED) is 0.627. The van der Waals surface area contributed by atoms with Gasteiger partial charge in [-0.15, -0.1) is 0 Å². The predicted octanol–water partition coefficient (Wildman–Crippen LogP) is 0.573. The lowest BCUT2D eigenvalue weighted by Crippen LogP contribution is -2.44. The molecule has 3 aromatic heterocycles. The van der Waals surface area contributed by atoms with Crippen LogP contribution in [0.4, 0.5) is 11.5 Å². The number of pyridine rings is 1. The molecule has 28 heavy (non-hydrogen) atoms. The number of piperazine rings is 1. The minimum atomic E-state index is -0.145. The molecular formula is C17H21N9O2. The van der Waals surface area contributed by atoms with Crippen LogP contribution in [0.25, 0.3) is 11.6 Å². The molecule has 0 spiro atoms. The topological polar surface area (TPSA) is 129 Å². The molecule has 0 bridgehead atoms. The third-order valence-electron chi connectivity index (χ3n) is 4.52. The van der Waals surface area contributed by atoms with E-state index in [2.05, 4.69) is 52.5 Å². The smallest absolute Gasteiger partial charge is 0.239 e. The molecule has 0 aliphatic carbocycles. The van der Waals surface area contributed by atoms with E-state index in [1.807, 2.05) is 12.1 Å². The van der Waals surface area contributed by atoms with E-state index in [1.54, 1.807) is 6.20 Å². The van der Waals surface area contributed by atoms with Crippen LogP contribution in [-0.2, 0) is 11.2 Å². The van der Waals surface area contributed by atoms with Gasteiger partial charge in [0.2, 0.25) is 17.6 Å². The maximum absolute atomic E-state index is 12.2. The molecule has 1 aliphatic rings. The van der Waals surface area contributed by atoms with Gasteiger partial charge in [0.05, 0.1) is 11.9 Å². The number of hydrogen-bond donors (Lipinski definition) is 2. The van der Waals surface area contributed by atoms with Crippen molar-refractivity contribution in [2.24, 2.45) is 0 Å². The van der Waals surface area contributed by atoms with E-state index in [-0.39, 0.29) is 12.3 Å². The maximum atomic E-state index is 12.2. The summed E-state index contributed by atoms with van der Waals surface area (Å²) in [6.45, 7) is 3.95. The number of rotatable bonds is 6. The van der Waals surface area contributed by atoms with Crippen molar-refractivity contribution in [2.45, 2.75) is 12.8 Å². The van der Waals surface area contributed by atoms with Crippen LogP contribution in [0.1, 0.15) is 12.3 Å². The van der Waals surface area contributed by atoms with Crippen molar-refractivity contribution in [3.8, 4) is 11.6 Å². The van der Waals surface area contributed by atoms with Crippen molar-refractivity contribution in [2.75, 3.05) is 43.4 Å². The van der Waals surface area contributed by atoms with Crippen LogP contribution in [0.5, 0.6) is 0 Å². The van der Waals surface area contributed by atoms with Crippen LogP contribution in [0.3, 0.4) is 0 Å². The van der Waals surface area contributed by atoms with E-state index in [4.69, 9.17) is 4.52 Å². The molecule has 11 nitrogen and oxygen atoms in total. The third-order valence-corrected chi connectivity index (χ3v) is 4.52. The minimum absolute atomic E-state index is 0.145. The second kappa shape index (κ2) is 8.13. The van der Waals surface area contributed by atoms with E-state index in [1.165, 1.54) is 6.33 Å². The molecule has 0 saturated carbocycles. The van der Waals surface area contributed by atoms with Crippen molar-refractivity contribution in [3.05, 3.63) is 30.5 Å². The zero-order valence-electron chi connectivity index (χ0n) is 15.5. The highest BCUT2D eigenvalue weighted by Crippen LogP contribution is 2.16. The van der Waals surface area contributed by atoms with Crippen molar-refractivity contribution >= 4 is 17.4 Å². The highest BCUT2D eigenvalue weighted by atomic mass is 16.5. The average Bonchev–Trinajstić information content (AvgIpc) is 3.39. The number of amides is 1. The fraction of sp³-hybridized carbons (Fsp3) is 0.412. The Labute approximate surface area is 161 Å². The first-order valence-corrected chi connectivity index (χ1v) is 9.05. The summed E-state index contributed by atoms with van der Waals surface area (Å²) in [5.74, 6) is 1.89. The van der Waals surface area contributed by atoms with Crippen LogP contribution in [0.15, 0.2) is 29.2 Å². The lowest BCUT2D eigenvalue weighted by molar-refractivity contribution is -0.116. The first kappa shape index (κ1) is 18.0. The van der Waals surface area contributed by atoms with Crippen LogP contribution < -0.4 is 10.2 Å². The van der Waals surface area contributed by atoms with Crippen LogP contribution in [0.2, 0.25) is 0 Å². The summed E-state index contributed by atoms with van der Waals surface area (Å²) in [6, 6.07) is 3.80. The van der Waals surface area contributed by atoms with Crippen molar-refractivity contribution in [3.63, 3.8) is 0 Å². The van der Waals surface area contributed by atoms with Gasteiger partial charge in [-0.3, -0.25) is 9.89 Å². The molecule has 1 fully saturated rings. The van der Waals surface area contributed by atoms with Gasteiger partial charge >= 0.3 is 0 Å². The molecule has 2 N–H and O–H groups in total. The average molecular weight is 383 g/mol. The largest absolute Gasteiger partial charge is 0.354 e. The summed E-state index contributed by atoms with van der Waals surface area (Å²) in [7, 11) is 2.12. The molecule has 0 radical (unpaired) electrons. The van der Waals surface area contributed by atoms with E-state index in [0.717, 1.165) is 32.0 Å². The highest BCUT2D eigenvalue weighted by molar-refractivity contribution is 5.90. The fourth-order valence-corrected chi connectivity index (χ4v) is 2.89. The number of carbonyl (C=O) groups is 1. The molecule has 1 aliphatic heterocycles. The summed E-state index contributed by atoms with van der Waals surface area (Å²) in [5.41, 5.74) is 0.663. The molecule has 146 valence electrons. The molecule has 3 aromatic rings. The van der Waals surface area contributed by atoms with Gasteiger partial charge in [0.1, 0.15) is 12.1 Å². The molecule has 11 heteroatoms. The van der Waals surface area contributed by atoms with Crippen LogP contribution in [0, 0.1) is 0 Å². The van der Waals surface area contributed by atoms with Crippen LogP contribution in [-0.4, -0.2) is 74.3 Å². The molecular weight excluding hydrogens is 362 g/mol. The summed E-state index contributed by atoms with van der Waals surface area (Å²) >= 11 is 0. The lowest BCUT2D eigenvalue weighted by Gasteiger charge is -2.33. The Morgan fingerprint density at radius 1 is 1.25 bits per heavy atom. The van der Waals surface area contributed by atoms with Gasteiger partial charge in [-0.1, -0.05) is 5.16 Å². The first-order chi connectivity index (χ1) is 13.7. The number of carbonyl (C=O) groups excluding carboxylic acids is 1. The zero-order valence-corrected chi connectivity index (χ0v) is 15.5. The highest BCUT2D eigenvalue weighted by Gasteiger charge is 2.16. The number of nitrogens with one attached hydrogen (secondary N) is 2. The molecule has 0 aromatic carbocycles. The summed E-state index contributed by atoms with van der Waals surface area (Å²) in [5, 5.41) is 13.0. The van der Waals surface area contributed by atoms with Gasteiger partial charge in [0, 0.05) is 39.0 Å². The van der Waals surface area contributed by atoms with Gasteiger partial charge in [0.15, 0.2) is 5.82 Å². The predicted molar refractivity (Wildman–Crippen MR) is 101 cm³/mol. The second-order valence-electron chi connectivity index (χ2n) is 6.59. The second-order valence-corrected chi connectivity index (χ2v) is 6.59. The van der Waals surface area contributed by atoms with Crippen molar-refractivity contribution in [1.29, 1.82) is 0 Å².